The summed E-state index contributed by atoms with van der Waals surface area (Å²) in [5.41, 5.74) is 0.302. The minimum absolute atomic E-state index is 0.127. The third-order valence-corrected chi connectivity index (χ3v) is 4.06. The highest BCUT2D eigenvalue weighted by Gasteiger charge is 2.31. The number of anilines is 1. The first-order valence-corrected chi connectivity index (χ1v) is 7.78. The molecule has 1 aliphatic rings. The minimum atomic E-state index is -1.02. The van der Waals surface area contributed by atoms with Gasteiger partial charge in [-0.3, -0.25) is 0 Å². The zero-order chi connectivity index (χ0) is 17.1. The molecule has 0 radical (unpaired) electrons. The molecule has 3 rings (SSSR count). The van der Waals surface area contributed by atoms with Gasteiger partial charge in [-0.05, 0) is 31.0 Å². The van der Waals surface area contributed by atoms with Gasteiger partial charge in [0.25, 0.3) is 0 Å². The van der Waals surface area contributed by atoms with Crippen molar-refractivity contribution in [3.05, 3.63) is 47.7 Å². The Kier molecular flexibility index (Phi) is 4.96. The molecule has 2 atom stereocenters. The summed E-state index contributed by atoms with van der Waals surface area (Å²) in [4.78, 5) is 8.50. The average Bonchev–Trinajstić information content (AvgIpc) is 3.22. The van der Waals surface area contributed by atoms with Gasteiger partial charge in [0.15, 0.2) is 5.82 Å². The number of rotatable bonds is 6. The van der Waals surface area contributed by atoms with Crippen LogP contribution < -0.4 is 9.74 Å². The summed E-state index contributed by atoms with van der Waals surface area (Å²) in [7, 11) is 0. The Balaban J connectivity index is 1.84. The Hall–Kier alpha value is -2.19. The van der Waals surface area contributed by atoms with Crippen molar-refractivity contribution in [3.63, 3.8) is 0 Å². The second kappa shape index (κ2) is 7.14. The van der Waals surface area contributed by atoms with Crippen LogP contribution >= 0.6 is 0 Å². The van der Waals surface area contributed by atoms with Gasteiger partial charge in [0.05, 0.1) is 18.8 Å². The van der Waals surface area contributed by atoms with Crippen LogP contribution in [0.1, 0.15) is 24.4 Å². The molecule has 0 bridgehead atoms. The number of aliphatic hydroxyl groups is 2. The van der Waals surface area contributed by atoms with E-state index in [9.17, 15) is 13.9 Å². The number of hydrogen-bond donors (Lipinski definition) is 2. The molecule has 0 spiro atoms. The molecule has 6 nitrogen and oxygen atoms in total. The van der Waals surface area contributed by atoms with Crippen LogP contribution in [0.15, 0.2) is 30.5 Å². The van der Waals surface area contributed by atoms with Gasteiger partial charge in [-0.15, -0.1) is 5.10 Å². The fraction of sp³-hybridized carbons (Fsp3) is 0.438. The maximum absolute atomic E-state index is 14.1. The van der Waals surface area contributed by atoms with Crippen molar-refractivity contribution in [1.29, 1.82) is 0 Å². The van der Waals surface area contributed by atoms with E-state index in [0.717, 1.165) is 18.6 Å². The Morgan fingerprint density at radius 1 is 1.33 bits per heavy atom. The van der Waals surface area contributed by atoms with Gasteiger partial charge in [-0.25, -0.2) is 8.78 Å². The molecule has 1 aromatic carbocycles. The van der Waals surface area contributed by atoms with Crippen molar-refractivity contribution in [3.8, 4) is 0 Å². The monoisotopic (exact) mass is 339 g/mol. The van der Waals surface area contributed by atoms with Gasteiger partial charge in [0, 0.05) is 18.2 Å². The first-order chi connectivity index (χ1) is 11.6. The van der Waals surface area contributed by atoms with Crippen LogP contribution in [0.3, 0.4) is 0 Å². The molecule has 24 heavy (non-hydrogen) atoms. The van der Waals surface area contributed by atoms with E-state index in [0.29, 0.717) is 24.3 Å². The Labute approximate surface area is 137 Å². The standard InChI is InChI=1S/C16H19F2N3O3/c17-11-3-4-14(18)13(8-11)15-2-1-7-20(15)16-5-6-19-21(16)24-10-12(23)9-22/h3-6,8,12,15,22-23H,1-2,7,9-10H2/t12-,15+/m0/s1. The number of aromatic nitrogens is 2. The van der Waals surface area contributed by atoms with Crippen molar-refractivity contribution in [2.75, 3.05) is 24.7 Å². The number of nitrogens with zero attached hydrogens (tertiary/aromatic N) is 3. The van der Waals surface area contributed by atoms with Crippen molar-refractivity contribution in [2.45, 2.75) is 25.0 Å². The molecule has 2 heterocycles. The summed E-state index contributed by atoms with van der Waals surface area (Å²) < 4.78 is 27.6. The molecule has 0 aliphatic carbocycles. The van der Waals surface area contributed by atoms with Gasteiger partial charge >= 0.3 is 0 Å². The zero-order valence-electron chi connectivity index (χ0n) is 13.0. The summed E-state index contributed by atoms with van der Waals surface area (Å²) >= 11 is 0. The second-order valence-electron chi connectivity index (χ2n) is 5.71. The molecule has 1 saturated heterocycles. The smallest absolute Gasteiger partial charge is 0.168 e. The molecule has 2 aromatic rings. The number of aliphatic hydroxyl groups excluding tert-OH is 2. The highest BCUT2D eigenvalue weighted by molar-refractivity contribution is 5.44. The molecule has 0 saturated carbocycles. The van der Waals surface area contributed by atoms with Gasteiger partial charge in [-0.2, -0.15) is 0 Å². The van der Waals surface area contributed by atoms with E-state index >= 15 is 0 Å². The average molecular weight is 339 g/mol. The molecule has 1 aliphatic heterocycles. The lowest BCUT2D eigenvalue weighted by Gasteiger charge is -2.27. The topological polar surface area (TPSA) is 70.7 Å². The Morgan fingerprint density at radius 2 is 2.17 bits per heavy atom. The van der Waals surface area contributed by atoms with Crippen LogP contribution in [-0.2, 0) is 0 Å². The quantitative estimate of drug-likeness (QED) is 0.830. The predicted molar refractivity (Wildman–Crippen MR) is 82.4 cm³/mol. The van der Waals surface area contributed by atoms with Gasteiger partial charge in [-0.1, -0.05) is 4.85 Å². The normalized spacial score (nSPS) is 18.8. The van der Waals surface area contributed by atoms with E-state index in [-0.39, 0.29) is 12.6 Å². The van der Waals surface area contributed by atoms with E-state index in [2.05, 4.69) is 5.10 Å². The molecule has 2 N–H and O–H groups in total. The van der Waals surface area contributed by atoms with E-state index in [1.165, 1.54) is 17.1 Å². The summed E-state index contributed by atoms with van der Waals surface area (Å²) in [6.45, 7) is 0.105. The summed E-state index contributed by atoms with van der Waals surface area (Å²) in [5.74, 6) is -0.337. The maximum Gasteiger partial charge on any atom is 0.168 e. The van der Waals surface area contributed by atoms with Crippen molar-refractivity contribution >= 4 is 5.82 Å². The zero-order valence-corrected chi connectivity index (χ0v) is 13.0. The molecule has 130 valence electrons. The molecule has 0 amide bonds. The molecule has 1 aromatic heterocycles. The molecule has 8 heteroatoms. The fourth-order valence-electron chi connectivity index (χ4n) is 2.93. The van der Waals surface area contributed by atoms with Gasteiger partial charge in [0.1, 0.15) is 24.3 Å². The molecule has 1 fully saturated rings. The largest absolute Gasteiger partial charge is 0.394 e. The van der Waals surface area contributed by atoms with Crippen LogP contribution in [0.5, 0.6) is 0 Å². The van der Waals surface area contributed by atoms with Crippen molar-refractivity contribution in [1.82, 2.24) is 9.94 Å². The lowest BCUT2D eigenvalue weighted by Crippen LogP contribution is -2.31. The highest BCUT2D eigenvalue weighted by atomic mass is 19.1. The lowest BCUT2D eigenvalue weighted by molar-refractivity contribution is -0.0106. The van der Waals surface area contributed by atoms with Crippen LogP contribution in [0.2, 0.25) is 0 Å². The summed E-state index contributed by atoms with van der Waals surface area (Å²) in [5, 5.41) is 22.3. The first-order valence-electron chi connectivity index (χ1n) is 7.78. The Morgan fingerprint density at radius 3 is 2.96 bits per heavy atom. The second-order valence-corrected chi connectivity index (χ2v) is 5.71. The fourth-order valence-corrected chi connectivity index (χ4v) is 2.93. The Bertz CT molecular complexity index is 695. The van der Waals surface area contributed by atoms with Gasteiger partial charge < -0.3 is 20.0 Å². The van der Waals surface area contributed by atoms with Crippen LogP contribution in [0.25, 0.3) is 0 Å². The highest BCUT2D eigenvalue weighted by Crippen LogP contribution is 2.37. The first kappa shape index (κ1) is 16.7. The minimum Gasteiger partial charge on any atom is -0.394 e. The molecular weight excluding hydrogens is 320 g/mol. The molecular formula is C16H19F2N3O3. The number of halogens is 2. The van der Waals surface area contributed by atoms with E-state index in [1.807, 2.05) is 4.90 Å². The SMILES string of the molecule is OC[C@H](O)COn1nccc1N1CCC[C@@H]1c1cc(F)ccc1F. The number of hydrogen-bond acceptors (Lipinski definition) is 5. The summed E-state index contributed by atoms with van der Waals surface area (Å²) in [6, 6.07) is 4.84. The molecule has 0 unspecified atom stereocenters. The van der Waals surface area contributed by atoms with Gasteiger partial charge in [0.2, 0.25) is 0 Å². The third-order valence-electron chi connectivity index (χ3n) is 4.06. The van der Waals surface area contributed by atoms with Crippen molar-refractivity contribution in [2.24, 2.45) is 0 Å². The van der Waals surface area contributed by atoms with Crippen molar-refractivity contribution < 1.29 is 23.8 Å². The van der Waals surface area contributed by atoms with Crippen LogP contribution in [-0.4, -0.2) is 46.0 Å². The van der Waals surface area contributed by atoms with Crippen LogP contribution in [0, 0.1) is 11.6 Å². The van der Waals surface area contributed by atoms with E-state index in [1.54, 1.807) is 6.07 Å². The van der Waals surface area contributed by atoms with Crippen LogP contribution in [0.4, 0.5) is 14.6 Å². The third kappa shape index (κ3) is 3.34. The number of benzene rings is 1. The maximum atomic E-state index is 14.1. The lowest BCUT2D eigenvalue weighted by atomic mass is 10.0. The van der Waals surface area contributed by atoms with E-state index in [4.69, 9.17) is 9.94 Å². The predicted octanol–water partition coefficient (Wildman–Crippen LogP) is 1.28. The summed E-state index contributed by atoms with van der Waals surface area (Å²) in [6.07, 6.45) is 2.02. The van der Waals surface area contributed by atoms with E-state index < -0.39 is 24.3 Å².